The number of carbonyl (C=O) groups is 1. The molecule has 0 heterocycles. The molecule has 0 aliphatic heterocycles. The number of hydrogen-bond donors (Lipinski definition) is 0. The van der Waals surface area contributed by atoms with Gasteiger partial charge in [0.25, 0.3) is 0 Å². The zero-order valence-corrected chi connectivity index (χ0v) is 36.0. The Morgan fingerprint density at radius 2 is 1.23 bits per heavy atom. The summed E-state index contributed by atoms with van der Waals surface area (Å²) in [5.74, 6) is 1.78. The molecule has 0 saturated heterocycles. The van der Waals surface area contributed by atoms with Crippen LogP contribution < -0.4 is 0 Å². The monoisotopic (exact) mass is 751 g/mol. The standard InChI is InChI=1S/C54H70O2/c1-9-39(2)29-48(43-25-27-45(28-26-43)53-33-41-31-51(6,37-53)36-52(7,32-41)38-53)50(4,5)34-44(42-19-13-10-14-20-42)35-54(30-40(3)49(55)56-8,46-21-15-11-16-22-46)47-23-17-12-18-24-47/h10-28,39-41,44,48H,9,29-38H2,1-8H3. The molecule has 4 fully saturated rings. The maximum absolute atomic E-state index is 13.2. The van der Waals surface area contributed by atoms with Gasteiger partial charge in [0.05, 0.1) is 13.0 Å². The van der Waals surface area contributed by atoms with Gasteiger partial charge in [-0.15, -0.1) is 0 Å². The first-order valence-electron chi connectivity index (χ1n) is 22.1. The number of benzene rings is 4. The molecule has 0 N–H and O–H groups in total. The van der Waals surface area contributed by atoms with Crippen LogP contribution in [0.15, 0.2) is 115 Å². The van der Waals surface area contributed by atoms with Gasteiger partial charge in [-0.1, -0.05) is 170 Å². The van der Waals surface area contributed by atoms with Gasteiger partial charge in [0, 0.05) is 5.41 Å². The van der Waals surface area contributed by atoms with Crippen LogP contribution in [-0.2, 0) is 20.4 Å². The molecule has 6 unspecified atom stereocenters. The quantitative estimate of drug-likeness (QED) is 0.107. The highest BCUT2D eigenvalue weighted by atomic mass is 16.5. The van der Waals surface area contributed by atoms with E-state index in [-0.39, 0.29) is 23.2 Å². The Morgan fingerprint density at radius 3 is 1.73 bits per heavy atom. The zero-order valence-electron chi connectivity index (χ0n) is 36.0. The molecule has 6 atom stereocenters. The van der Waals surface area contributed by atoms with Gasteiger partial charge in [0.2, 0.25) is 0 Å². The zero-order chi connectivity index (χ0) is 39.8. The van der Waals surface area contributed by atoms with E-state index in [0.717, 1.165) is 18.8 Å². The van der Waals surface area contributed by atoms with Gasteiger partial charge < -0.3 is 4.74 Å². The molecule has 0 spiro atoms. The summed E-state index contributed by atoms with van der Waals surface area (Å²) in [4.78, 5) is 13.2. The summed E-state index contributed by atoms with van der Waals surface area (Å²) in [7, 11) is 1.52. The van der Waals surface area contributed by atoms with Crippen LogP contribution in [0.1, 0.15) is 159 Å². The van der Waals surface area contributed by atoms with Gasteiger partial charge in [-0.3, -0.25) is 4.79 Å². The van der Waals surface area contributed by atoms with E-state index < -0.39 is 5.41 Å². The van der Waals surface area contributed by atoms with Crippen LogP contribution in [0.2, 0.25) is 0 Å². The molecular weight excluding hydrogens is 681 g/mol. The molecule has 8 rings (SSSR count). The second-order valence-corrected chi connectivity index (χ2v) is 20.8. The van der Waals surface area contributed by atoms with Gasteiger partial charge in [-0.2, -0.15) is 0 Å². The van der Waals surface area contributed by atoms with E-state index in [1.165, 1.54) is 80.7 Å². The Bertz CT molecular complexity index is 1840. The molecule has 0 aromatic heterocycles. The van der Waals surface area contributed by atoms with Crippen molar-refractivity contribution in [1.29, 1.82) is 0 Å². The maximum atomic E-state index is 13.2. The van der Waals surface area contributed by atoms with Gasteiger partial charge in [0.15, 0.2) is 0 Å². The molecule has 0 amide bonds. The van der Waals surface area contributed by atoms with E-state index in [2.05, 4.69) is 157 Å². The summed E-state index contributed by atoms with van der Waals surface area (Å²) in [6, 6.07) is 43.5. The van der Waals surface area contributed by atoms with Crippen molar-refractivity contribution in [3.63, 3.8) is 0 Å². The van der Waals surface area contributed by atoms with Crippen LogP contribution in [-0.4, -0.2) is 13.1 Å². The minimum atomic E-state index is -0.397. The van der Waals surface area contributed by atoms with E-state index in [1.807, 2.05) is 6.92 Å². The Kier molecular flexibility index (Phi) is 11.5. The number of methoxy groups -OCH3 is 1. The fourth-order valence-corrected chi connectivity index (χ4v) is 13.6. The van der Waals surface area contributed by atoms with E-state index in [1.54, 1.807) is 5.56 Å². The van der Waals surface area contributed by atoms with Gasteiger partial charge >= 0.3 is 5.97 Å². The van der Waals surface area contributed by atoms with Crippen LogP contribution in [0.3, 0.4) is 0 Å². The lowest BCUT2D eigenvalue weighted by Crippen LogP contribution is -2.56. The molecule has 2 heteroatoms. The average Bonchev–Trinajstić information content (AvgIpc) is 3.18. The summed E-state index contributed by atoms with van der Waals surface area (Å²) < 4.78 is 5.37. The molecule has 298 valence electrons. The molecule has 4 bridgehead atoms. The van der Waals surface area contributed by atoms with Crippen molar-refractivity contribution in [2.45, 2.75) is 142 Å². The average molecular weight is 751 g/mol. The predicted molar refractivity (Wildman–Crippen MR) is 234 cm³/mol. The van der Waals surface area contributed by atoms with Crippen molar-refractivity contribution in [3.05, 3.63) is 143 Å². The minimum Gasteiger partial charge on any atom is -0.469 e. The number of hydrogen-bond acceptors (Lipinski definition) is 2. The van der Waals surface area contributed by atoms with Crippen LogP contribution >= 0.6 is 0 Å². The van der Waals surface area contributed by atoms with Gasteiger partial charge in [0.1, 0.15) is 0 Å². The molecule has 4 aliphatic rings. The number of rotatable bonds is 16. The third-order valence-electron chi connectivity index (χ3n) is 15.4. The van der Waals surface area contributed by atoms with Gasteiger partial charge in [-0.05, 0) is 137 Å². The minimum absolute atomic E-state index is 0.000175. The summed E-state index contributed by atoms with van der Waals surface area (Å²) in [6.45, 7) is 17.2. The van der Waals surface area contributed by atoms with Crippen LogP contribution in [0.4, 0.5) is 0 Å². The summed E-state index contributed by atoms with van der Waals surface area (Å²) in [5, 5.41) is 0. The summed E-state index contributed by atoms with van der Waals surface area (Å²) in [6.07, 6.45) is 13.4. The SMILES string of the molecule is CCC(C)CC(c1ccc(C23CC4CC(C)(CC(C)(C4)C2)C3)cc1)C(C)(C)CC(CC(CC(C)C(=O)OC)(c1ccccc1)c1ccccc1)c1ccccc1. The number of carbonyl (C=O) groups excluding carboxylic acids is 1. The van der Waals surface area contributed by atoms with E-state index in [0.29, 0.717) is 34.5 Å². The van der Waals surface area contributed by atoms with E-state index >= 15 is 0 Å². The first-order chi connectivity index (χ1) is 26.7. The maximum Gasteiger partial charge on any atom is 0.308 e. The molecule has 4 saturated carbocycles. The van der Waals surface area contributed by atoms with Crippen molar-refractivity contribution in [2.75, 3.05) is 7.11 Å². The highest BCUT2D eigenvalue weighted by Crippen LogP contribution is 2.70. The molecule has 0 radical (unpaired) electrons. The lowest BCUT2D eigenvalue weighted by Gasteiger charge is -2.65. The Balaban J connectivity index is 1.27. The second-order valence-electron chi connectivity index (χ2n) is 20.8. The van der Waals surface area contributed by atoms with Crippen molar-refractivity contribution in [2.24, 2.45) is 34.0 Å². The fourth-order valence-electron chi connectivity index (χ4n) is 13.6. The second kappa shape index (κ2) is 15.9. The number of ether oxygens (including phenoxy) is 1. The first kappa shape index (κ1) is 40.5. The fraction of sp³-hybridized carbons (Fsp3) is 0.537. The van der Waals surface area contributed by atoms with E-state index in [4.69, 9.17) is 4.74 Å². The Hall–Kier alpha value is -3.65. The van der Waals surface area contributed by atoms with Crippen LogP contribution in [0.5, 0.6) is 0 Å². The van der Waals surface area contributed by atoms with E-state index in [9.17, 15) is 4.79 Å². The summed E-state index contributed by atoms with van der Waals surface area (Å²) in [5.41, 5.74) is 7.98. The molecule has 56 heavy (non-hydrogen) atoms. The third kappa shape index (κ3) is 8.19. The highest BCUT2D eigenvalue weighted by molar-refractivity contribution is 5.72. The van der Waals surface area contributed by atoms with Crippen molar-refractivity contribution < 1.29 is 9.53 Å². The molecule has 4 aromatic rings. The highest BCUT2D eigenvalue weighted by Gasteiger charge is 2.60. The predicted octanol–water partition coefficient (Wildman–Crippen LogP) is 14.2. The lowest BCUT2D eigenvalue weighted by molar-refractivity contribution is -0.145. The van der Waals surface area contributed by atoms with Crippen LogP contribution in [0, 0.1) is 34.0 Å². The molecule has 4 aliphatic carbocycles. The number of esters is 1. The molecule has 2 nitrogen and oxygen atoms in total. The van der Waals surface area contributed by atoms with Crippen molar-refractivity contribution in [1.82, 2.24) is 0 Å². The first-order valence-corrected chi connectivity index (χ1v) is 22.1. The summed E-state index contributed by atoms with van der Waals surface area (Å²) >= 11 is 0. The molecular formula is C54H70O2. The largest absolute Gasteiger partial charge is 0.469 e. The van der Waals surface area contributed by atoms with Gasteiger partial charge in [-0.25, -0.2) is 0 Å². The Labute approximate surface area is 340 Å². The topological polar surface area (TPSA) is 26.3 Å². The smallest absolute Gasteiger partial charge is 0.308 e. The third-order valence-corrected chi connectivity index (χ3v) is 15.4. The normalized spacial score (nSPS) is 26.7. The van der Waals surface area contributed by atoms with Crippen molar-refractivity contribution in [3.8, 4) is 0 Å². The Morgan fingerprint density at radius 1 is 0.696 bits per heavy atom. The molecule has 4 aromatic carbocycles. The van der Waals surface area contributed by atoms with Crippen molar-refractivity contribution >= 4 is 5.97 Å². The lowest BCUT2D eigenvalue weighted by atomic mass is 9.39. The van der Waals surface area contributed by atoms with Crippen LogP contribution in [0.25, 0.3) is 0 Å².